The molecule has 0 aliphatic heterocycles. The summed E-state index contributed by atoms with van der Waals surface area (Å²) in [6.07, 6.45) is 7.98. The first-order chi connectivity index (χ1) is 7.77. The van der Waals surface area contributed by atoms with E-state index >= 15 is 0 Å². The molecule has 0 heteroatoms. The van der Waals surface area contributed by atoms with Gasteiger partial charge >= 0.3 is 0 Å². The zero-order valence-electron chi connectivity index (χ0n) is 11.1. The van der Waals surface area contributed by atoms with E-state index in [0.29, 0.717) is 0 Å². The Labute approximate surface area is 101 Å². The number of hydrogen-bond donors (Lipinski definition) is 0. The number of aryl methyl sites for hydroxylation is 1. The van der Waals surface area contributed by atoms with Gasteiger partial charge in [0.1, 0.15) is 0 Å². The van der Waals surface area contributed by atoms with Crippen LogP contribution in [0.2, 0.25) is 0 Å². The predicted octanol–water partition coefficient (Wildman–Crippen LogP) is 5.32. The fourth-order valence-electron chi connectivity index (χ4n) is 2.13. The first kappa shape index (κ1) is 13.3. The third-order valence-corrected chi connectivity index (χ3v) is 3.45. The molecule has 0 aromatic heterocycles. The minimum Gasteiger partial charge on any atom is -0.0654 e. The Bertz CT molecular complexity index is 271. The van der Waals surface area contributed by atoms with Crippen molar-refractivity contribution in [2.45, 2.75) is 65.2 Å². The van der Waals surface area contributed by atoms with Gasteiger partial charge in [-0.1, -0.05) is 70.7 Å². The van der Waals surface area contributed by atoms with Crippen molar-refractivity contribution in [3.05, 3.63) is 35.4 Å². The number of unbranched alkanes of at least 4 members (excludes halogenated alkanes) is 3. The van der Waals surface area contributed by atoms with Crippen molar-refractivity contribution in [1.82, 2.24) is 0 Å². The van der Waals surface area contributed by atoms with Crippen LogP contribution in [0, 0.1) is 0 Å². The molecule has 1 rings (SSSR count). The average molecular weight is 218 g/mol. The van der Waals surface area contributed by atoms with Crippen LogP contribution < -0.4 is 0 Å². The summed E-state index contributed by atoms with van der Waals surface area (Å²) in [5.41, 5.74) is 2.95. The van der Waals surface area contributed by atoms with Crippen LogP contribution >= 0.6 is 0 Å². The largest absolute Gasteiger partial charge is 0.0654 e. The van der Waals surface area contributed by atoms with Crippen LogP contribution in [-0.2, 0) is 6.42 Å². The molecule has 0 spiro atoms. The summed E-state index contributed by atoms with van der Waals surface area (Å²) in [6.45, 7) is 6.84. The van der Waals surface area contributed by atoms with Crippen molar-refractivity contribution in [1.29, 1.82) is 0 Å². The lowest BCUT2D eigenvalue weighted by Crippen LogP contribution is -1.94. The maximum atomic E-state index is 2.35. The molecule has 16 heavy (non-hydrogen) atoms. The Balaban J connectivity index is 2.37. The lowest BCUT2D eigenvalue weighted by molar-refractivity contribution is 0.580. The molecule has 1 atom stereocenters. The van der Waals surface area contributed by atoms with E-state index in [9.17, 15) is 0 Å². The van der Waals surface area contributed by atoms with E-state index in [4.69, 9.17) is 0 Å². The predicted molar refractivity (Wildman–Crippen MR) is 73.0 cm³/mol. The van der Waals surface area contributed by atoms with Crippen LogP contribution in [0.1, 0.15) is 69.9 Å². The molecule has 1 aromatic carbocycles. The van der Waals surface area contributed by atoms with Crippen molar-refractivity contribution in [3.8, 4) is 0 Å². The van der Waals surface area contributed by atoms with Gasteiger partial charge in [0.2, 0.25) is 0 Å². The molecule has 0 saturated heterocycles. The SMILES string of the molecule is CCCCCCC(C)c1ccc(CC)cc1. The van der Waals surface area contributed by atoms with E-state index in [1.165, 1.54) is 43.2 Å². The van der Waals surface area contributed by atoms with Gasteiger partial charge in [0.25, 0.3) is 0 Å². The molecule has 0 aliphatic carbocycles. The average Bonchev–Trinajstić information content (AvgIpc) is 2.34. The third-order valence-electron chi connectivity index (χ3n) is 3.45. The second kappa shape index (κ2) is 7.49. The first-order valence-electron chi connectivity index (χ1n) is 6.86. The van der Waals surface area contributed by atoms with E-state index in [-0.39, 0.29) is 0 Å². The fraction of sp³-hybridized carbons (Fsp3) is 0.625. The maximum Gasteiger partial charge on any atom is -0.0190 e. The van der Waals surface area contributed by atoms with E-state index in [0.717, 1.165) is 12.3 Å². The van der Waals surface area contributed by atoms with Gasteiger partial charge < -0.3 is 0 Å². The molecule has 0 amide bonds. The van der Waals surface area contributed by atoms with Crippen molar-refractivity contribution in [2.75, 3.05) is 0 Å². The highest BCUT2D eigenvalue weighted by atomic mass is 14.1. The Morgan fingerprint density at radius 3 is 2.19 bits per heavy atom. The quantitative estimate of drug-likeness (QED) is 0.543. The van der Waals surface area contributed by atoms with Crippen molar-refractivity contribution < 1.29 is 0 Å². The Morgan fingerprint density at radius 2 is 1.62 bits per heavy atom. The lowest BCUT2D eigenvalue weighted by atomic mass is 9.94. The normalized spacial score (nSPS) is 12.7. The molecule has 1 unspecified atom stereocenters. The Morgan fingerprint density at radius 1 is 0.938 bits per heavy atom. The van der Waals surface area contributed by atoms with E-state index in [1.807, 2.05) is 0 Å². The van der Waals surface area contributed by atoms with Crippen LogP contribution in [0.3, 0.4) is 0 Å². The minimum absolute atomic E-state index is 0.725. The second-order valence-electron chi connectivity index (χ2n) is 4.85. The molecule has 1 aromatic rings. The molecule has 0 saturated carbocycles. The molecule has 0 aliphatic rings. The monoisotopic (exact) mass is 218 g/mol. The highest BCUT2D eigenvalue weighted by Gasteiger charge is 2.04. The van der Waals surface area contributed by atoms with Crippen molar-refractivity contribution in [3.63, 3.8) is 0 Å². The summed E-state index contributed by atoms with van der Waals surface area (Å²) >= 11 is 0. The standard InChI is InChI=1S/C16H26/c1-4-6-7-8-9-14(3)16-12-10-15(5-2)11-13-16/h10-14H,4-9H2,1-3H3. The van der Waals surface area contributed by atoms with Crippen molar-refractivity contribution >= 4 is 0 Å². The highest BCUT2D eigenvalue weighted by molar-refractivity contribution is 5.24. The maximum absolute atomic E-state index is 2.35. The summed E-state index contributed by atoms with van der Waals surface area (Å²) in [6, 6.07) is 9.17. The summed E-state index contributed by atoms with van der Waals surface area (Å²) < 4.78 is 0. The first-order valence-corrected chi connectivity index (χ1v) is 6.86. The molecule has 0 fully saturated rings. The Kier molecular flexibility index (Phi) is 6.22. The van der Waals surface area contributed by atoms with Gasteiger partial charge in [-0.15, -0.1) is 0 Å². The summed E-state index contributed by atoms with van der Waals surface area (Å²) in [4.78, 5) is 0. The third kappa shape index (κ3) is 4.38. The second-order valence-corrected chi connectivity index (χ2v) is 4.85. The van der Waals surface area contributed by atoms with Gasteiger partial charge in [-0.2, -0.15) is 0 Å². The number of rotatable bonds is 7. The molecular formula is C16H26. The molecule has 0 nitrogen and oxygen atoms in total. The molecule has 0 bridgehead atoms. The van der Waals surface area contributed by atoms with Gasteiger partial charge in [0.15, 0.2) is 0 Å². The number of hydrogen-bond acceptors (Lipinski definition) is 0. The van der Waals surface area contributed by atoms with E-state index in [2.05, 4.69) is 45.0 Å². The van der Waals surface area contributed by atoms with E-state index < -0.39 is 0 Å². The Hall–Kier alpha value is -0.780. The summed E-state index contributed by atoms with van der Waals surface area (Å²) in [5.74, 6) is 0.725. The van der Waals surface area contributed by atoms with Crippen LogP contribution in [0.15, 0.2) is 24.3 Å². The number of benzene rings is 1. The smallest absolute Gasteiger partial charge is 0.0190 e. The molecule has 0 radical (unpaired) electrons. The van der Waals surface area contributed by atoms with Crippen LogP contribution in [0.4, 0.5) is 0 Å². The zero-order valence-corrected chi connectivity index (χ0v) is 11.1. The van der Waals surface area contributed by atoms with Crippen LogP contribution in [-0.4, -0.2) is 0 Å². The summed E-state index contributed by atoms with van der Waals surface area (Å²) in [7, 11) is 0. The topological polar surface area (TPSA) is 0 Å². The summed E-state index contributed by atoms with van der Waals surface area (Å²) in [5, 5.41) is 0. The van der Waals surface area contributed by atoms with Gasteiger partial charge in [-0.25, -0.2) is 0 Å². The molecule has 0 N–H and O–H groups in total. The van der Waals surface area contributed by atoms with Gasteiger partial charge in [-0.05, 0) is 29.9 Å². The van der Waals surface area contributed by atoms with Gasteiger partial charge in [-0.3, -0.25) is 0 Å². The molecule has 90 valence electrons. The zero-order chi connectivity index (χ0) is 11.8. The van der Waals surface area contributed by atoms with Crippen molar-refractivity contribution in [2.24, 2.45) is 0 Å². The highest BCUT2D eigenvalue weighted by Crippen LogP contribution is 2.22. The fourth-order valence-corrected chi connectivity index (χ4v) is 2.13. The molecule has 0 heterocycles. The van der Waals surface area contributed by atoms with Crippen LogP contribution in [0.5, 0.6) is 0 Å². The van der Waals surface area contributed by atoms with Crippen LogP contribution in [0.25, 0.3) is 0 Å². The van der Waals surface area contributed by atoms with Gasteiger partial charge in [0, 0.05) is 0 Å². The van der Waals surface area contributed by atoms with Gasteiger partial charge in [0.05, 0.1) is 0 Å². The molecular weight excluding hydrogens is 192 g/mol. The minimum atomic E-state index is 0.725. The lowest BCUT2D eigenvalue weighted by Gasteiger charge is -2.12. The van der Waals surface area contributed by atoms with E-state index in [1.54, 1.807) is 0 Å².